The van der Waals surface area contributed by atoms with E-state index in [1.54, 1.807) is 0 Å². The number of rotatable bonds is 19. The number of hydrogen-bond donors (Lipinski definition) is 6. The number of aldehydes is 1. The Morgan fingerprint density at radius 2 is 1.07 bits per heavy atom. The van der Waals surface area contributed by atoms with E-state index < -0.39 is 31.0 Å². The average molecular weight is 503 g/mol. The van der Waals surface area contributed by atoms with E-state index in [4.69, 9.17) is 31.3 Å². The molecule has 4 unspecified atom stereocenters. The molecule has 0 spiro atoms. The molecular formula is C22H48BrNO6. The summed E-state index contributed by atoms with van der Waals surface area (Å²) in [5.74, 6) is 0. The summed E-state index contributed by atoms with van der Waals surface area (Å²) in [6.45, 7) is 2.40. The van der Waals surface area contributed by atoms with Crippen molar-refractivity contribution in [1.82, 2.24) is 0 Å². The number of hydrogen-bond acceptors (Lipinski definition) is 7. The topological polar surface area (TPSA) is 144 Å². The highest BCUT2D eigenvalue weighted by molar-refractivity contribution is 8.93. The SMILES string of the molecule is Br.CCCCCCCCCCCCCCCCN.O=CC(O)C(O)C(O)C(O)CO. The highest BCUT2D eigenvalue weighted by Gasteiger charge is 2.29. The van der Waals surface area contributed by atoms with Gasteiger partial charge in [-0.15, -0.1) is 17.0 Å². The van der Waals surface area contributed by atoms with Crippen molar-refractivity contribution in [2.75, 3.05) is 13.2 Å². The Balaban J connectivity index is -0.000000497. The van der Waals surface area contributed by atoms with E-state index in [0.717, 1.165) is 6.54 Å². The lowest BCUT2D eigenvalue weighted by molar-refractivity contribution is -0.136. The molecule has 0 aliphatic carbocycles. The second-order valence-electron chi connectivity index (χ2n) is 7.74. The fourth-order valence-corrected chi connectivity index (χ4v) is 2.96. The quantitative estimate of drug-likeness (QED) is 0.118. The van der Waals surface area contributed by atoms with Crippen LogP contribution in [-0.4, -0.2) is 69.4 Å². The van der Waals surface area contributed by atoms with E-state index in [2.05, 4.69) is 6.92 Å². The highest BCUT2D eigenvalue weighted by atomic mass is 79.9. The number of unbranched alkanes of at least 4 members (excludes halogenated alkanes) is 13. The van der Waals surface area contributed by atoms with Gasteiger partial charge in [-0.25, -0.2) is 0 Å². The second kappa shape index (κ2) is 26.9. The van der Waals surface area contributed by atoms with E-state index in [1.165, 1.54) is 89.9 Å². The molecule has 7 N–H and O–H groups in total. The molecule has 0 amide bonds. The van der Waals surface area contributed by atoms with E-state index in [1.807, 2.05) is 0 Å². The zero-order valence-corrected chi connectivity index (χ0v) is 20.5. The van der Waals surface area contributed by atoms with Crippen molar-refractivity contribution in [3.8, 4) is 0 Å². The van der Waals surface area contributed by atoms with E-state index in [9.17, 15) is 4.79 Å². The van der Waals surface area contributed by atoms with Gasteiger partial charge in [0.2, 0.25) is 0 Å². The maximum absolute atomic E-state index is 9.90. The van der Waals surface area contributed by atoms with Crippen LogP contribution < -0.4 is 5.73 Å². The summed E-state index contributed by atoms with van der Waals surface area (Å²) in [4.78, 5) is 9.90. The third kappa shape index (κ3) is 22.6. The number of nitrogens with two attached hydrogens (primary N) is 1. The van der Waals surface area contributed by atoms with Gasteiger partial charge in [0.15, 0.2) is 6.29 Å². The maximum atomic E-state index is 9.90. The van der Waals surface area contributed by atoms with E-state index >= 15 is 0 Å². The van der Waals surface area contributed by atoms with Crippen LogP contribution in [0.25, 0.3) is 0 Å². The molecule has 0 saturated heterocycles. The van der Waals surface area contributed by atoms with Gasteiger partial charge in [0.25, 0.3) is 0 Å². The molecule has 0 bridgehead atoms. The number of aliphatic hydroxyl groups is 5. The molecule has 0 heterocycles. The number of aliphatic hydroxyl groups excluding tert-OH is 5. The summed E-state index contributed by atoms with van der Waals surface area (Å²) < 4.78 is 0. The number of halogens is 1. The van der Waals surface area contributed by atoms with Gasteiger partial charge in [-0.2, -0.15) is 0 Å². The summed E-state index contributed by atoms with van der Waals surface area (Å²) in [6, 6.07) is 0. The molecule has 0 saturated carbocycles. The summed E-state index contributed by atoms with van der Waals surface area (Å²) >= 11 is 0. The summed E-state index contributed by atoms with van der Waals surface area (Å²) in [7, 11) is 0. The molecule has 4 atom stereocenters. The van der Waals surface area contributed by atoms with Crippen LogP contribution in [0.15, 0.2) is 0 Å². The van der Waals surface area contributed by atoms with Crippen LogP contribution in [0.4, 0.5) is 0 Å². The van der Waals surface area contributed by atoms with Gasteiger partial charge in [-0.05, 0) is 13.0 Å². The van der Waals surface area contributed by atoms with Crippen molar-refractivity contribution in [3.63, 3.8) is 0 Å². The van der Waals surface area contributed by atoms with Gasteiger partial charge >= 0.3 is 0 Å². The second-order valence-corrected chi connectivity index (χ2v) is 7.74. The highest BCUT2D eigenvalue weighted by Crippen LogP contribution is 2.12. The van der Waals surface area contributed by atoms with Gasteiger partial charge in [-0.3, -0.25) is 0 Å². The van der Waals surface area contributed by atoms with Crippen molar-refractivity contribution >= 4 is 23.3 Å². The van der Waals surface area contributed by atoms with E-state index in [0.29, 0.717) is 0 Å². The van der Waals surface area contributed by atoms with Crippen LogP contribution in [0.1, 0.15) is 96.8 Å². The van der Waals surface area contributed by atoms with Crippen molar-refractivity contribution in [1.29, 1.82) is 0 Å². The van der Waals surface area contributed by atoms with Crippen LogP contribution in [0.5, 0.6) is 0 Å². The van der Waals surface area contributed by atoms with Crippen molar-refractivity contribution < 1.29 is 30.3 Å². The first kappa shape index (κ1) is 34.5. The van der Waals surface area contributed by atoms with Crippen LogP contribution in [0.3, 0.4) is 0 Å². The molecule has 0 fully saturated rings. The van der Waals surface area contributed by atoms with Crippen LogP contribution in [0, 0.1) is 0 Å². The van der Waals surface area contributed by atoms with Gasteiger partial charge < -0.3 is 36.1 Å². The molecule has 0 aromatic carbocycles. The standard InChI is InChI=1S/C16H35N.C6H12O6.BrH/c1-2-3-4-5-6-7-8-9-10-11-12-13-14-15-16-17;7-1-3(9)5(11)6(12)4(10)2-8;/h2-17H2,1H3;1,3-6,8-12H,2H2;1H. The summed E-state index contributed by atoms with van der Waals surface area (Å²) in [6.07, 6.45) is 13.0. The first-order chi connectivity index (χ1) is 14.0. The van der Waals surface area contributed by atoms with Gasteiger partial charge in [-0.1, -0.05) is 90.4 Å². The monoisotopic (exact) mass is 501 g/mol. The fourth-order valence-electron chi connectivity index (χ4n) is 2.96. The van der Waals surface area contributed by atoms with E-state index in [-0.39, 0.29) is 23.3 Å². The summed E-state index contributed by atoms with van der Waals surface area (Å²) in [5.41, 5.74) is 5.47. The molecule has 7 nitrogen and oxygen atoms in total. The lowest BCUT2D eigenvalue weighted by atomic mass is 10.0. The molecule has 0 radical (unpaired) electrons. The largest absolute Gasteiger partial charge is 0.394 e. The molecular weight excluding hydrogens is 454 g/mol. The minimum absolute atomic E-state index is 0. The zero-order valence-electron chi connectivity index (χ0n) is 18.8. The Morgan fingerprint density at radius 3 is 1.37 bits per heavy atom. The Labute approximate surface area is 193 Å². The fraction of sp³-hybridized carbons (Fsp3) is 0.955. The number of carbonyl (C=O) groups is 1. The zero-order chi connectivity index (χ0) is 22.3. The summed E-state index contributed by atoms with van der Waals surface area (Å²) in [5, 5.41) is 43.5. The minimum atomic E-state index is -1.79. The molecule has 30 heavy (non-hydrogen) atoms. The third-order valence-electron chi connectivity index (χ3n) is 4.98. The van der Waals surface area contributed by atoms with Gasteiger partial charge in [0.1, 0.15) is 24.4 Å². The van der Waals surface area contributed by atoms with Crippen LogP contribution >= 0.6 is 17.0 Å². The predicted octanol–water partition coefficient (Wildman–Crippen LogP) is 2.63. The first-order valence-corrected chi connectivity index (χ1v) is 11.4. The smallest absolute Gasteiger partial charge is 0.151 e. The minimum Gasteiger partial charge on any atom is -0.394 e. The Kier molecular flexibility index (Phi) is 31.0. The van der Waals surface area contributed by atoms with Crippen molar-refractivity contribution in [2.24, 2.45) is 5.73 Å². The van der Waals surface area contributed by atoms with Crippen molar-refractivity contribution in [2.45, 2.75) is 121 Å². The Morgan fingerprint density at radius 1 is 0.700 bits per heavy atom. The van der Waals surface area contributed by atoms with Gasteiger partial charge in [0.05, 0.1) is 6.61 Å². The molecule has 0 aliphatic rings. The average Bonchev–Trinajstić information content (AvgIpc) is 2.75. The predicted molar refractivity (Wildman–Crippen MR) is 127 cm³/mol. The Bertz CT molecular complexity index is 325. The number of carbonyl (C=O) groups excluding carboxylic acids is 1. The molecule has 0 rings (SSSR count). The third-order valence-corrected chi connectivity index (χ3v) is 4.98. The molecule has 0 aromatic heterocycles. The van der Waals surface area contributed by atoms with Crippen molar-refractivity contribution in [3.05, 3.63) is 0 Å². The first-order valence-electron chi connectivity index (χ1n) is 11.4. The lowest BCUT2D eigenvalue weighted by Crippen LogP contribution is -2.46. The van der Waals surface area contributed by atoms with Gasteiger partial charge in [0, 0.05) is 0 Å². The normalized spacial score (nSPS) is 14.6. The Hall–Kier alpha value is -0.0900. The maximum Gasteiger partial charge on any atom is 0.151 e. The molecule has 0 aromatic rings. The van der Waals surface area contributed by atoms with Crippen LogP contribution in [-0.2, 0) is 4.79 Å². The molecule has 8 heteroatoms. The molecule has 184 valence electrons. The van der Waals surface area contributed by atoms with Crippen LogP contribution in [0.2, 0.25) is 0 Å². The molecule has 0 aliphatic heterocycles. The lowest BCUT2D eigenvalue weighted by Gasteiger charge is -2.22.